The second-order valence-corrected chi connectivity index (χ2v) is 5.65. The molecule has 0 atom stereocenters. The molecule has 2 N–H and O–H groups in total. The van der Waals surface area contributed by atoms with Gasteiger partial charge in [0.2, 0.25) is 5.95 Å². The summed E-state index contributed by atoms with van der Waals surface area (Å²) in [6.07, 6.45) is 2.96. The third-order valence-electron chi connectivity index (χ3n) is 3.88. The number of carbonyl (C=O) groups is 1. The number of carbonyl (C=O) groups excluding carboxylic acids is 1. The minimum absolute atomic E-state index is 0.304. The molecule has 0 unspecified atom stereocenters. The van der Waals surface area contributed by atoms with Crippen molar-refractivity contribution in [3.8, 4) is 11.5 Å². The largest absolute Gasteiger partial charge is 0.497 e. The van der Waals surface area contributed by atoms with Gasteiger partial charge in [-0.1, -0.05) is 24.3 Å². The molecule has 138 valence electrons. The highest BCUT2D eigenvalue weighted by molar-refractivity contribution is 6.04. The summed E-state index contributed by atoms with van der Waals surface area (Å²) < 4.78 is 10.4. The van der Waals surface area contributed by atoms with E-state index in [9.17, 15) is 4.79 Å². The van der Waals surface area contributed by atoms with Crippen molar-refractivity contribution >= 4 is 17.5 Å². The standard InChI is InChI=1S/C20H20N4O3/c1-26-16-9-7-14(8-10-16)11-21-20-22-12-15(13-23-20)19(25)24-17-5-3-4-6-18(17)27-2/h3-10,12-13H,11H2,1-2H3,(H,24,25)(H,21,22,23). The Hall–Kier alpha value is -3.61. The Bertz CT molecular complexity index is 896. The van der Waals surface area contributed by atoms with E-state index >= 15 is 0 Å². The van der Waals surface area contributed by atoms with Crippen LogP contribution in [0.4, 0.5) is 11.6 Å². The molecule has 7 nitrogen and oxygen atoms in total. The summed E-state index contributed by atoms with van der Waals surface area (Å²) in [6, 6.07) is 14.9. The number of aromatic nitrogens is 2. The maximum absolute atomic E-state index is 12.4. The van der Waals surface area contributed by atoms with Gasteiger partial charge in [-0.3, -0.25) is 4.79 Å². The minimum Gasteiger partial charge on any atom is -0.497 e. The normalized spacial score (nSPS) is 10.1. The molecule has 7 heteroatoms. The predicted octanol–water partition coefficient (Wildman–Crippen LogP) is 3.36. The maximum atomic E-state index is 12.4. The average Bonchev–Trinajstić information content (AvgIpc) is 2.73. The number of hydrogen-bond acceptors (Lipinski definition) is 6. The summed E-state index contributed by atoms with van der Waals surface area (Å²) in [4.78, 5) is 20.7. The van der Waals surface area contributed by atoms with Crippen molar-refractivity contribution in [2.45, 2.75) is 6.54 Å². The highest BCUT2D eigenvalue weighted by atomic mass is 16.5. The summed E-state index contributed by atoms with van der Waals surface area (Å²) in [5.41, 5.74) is 2.01. The molecule has 2 aromatic carbocycles. The van der Waals surface area contributed by atoms with E-state index in [0.29, 0.717) is 29.5 Å². The van der Waals surface area contributed by atoms with E-state index in [1.807, 2.05) is 36.4 Å². The zero-order valence-electron chi connectivity index (χ0n) is 15.1. The van der Waals surface area contributed by atoms with Crippen LogP contribution in [0.25, 0.3) is 0 Å². The smallest absolute Gasteiger partial charge is 0.258 e. The molecule has 0 spiro atoms. The lowest BCUT2D eigenvalue weighted by atomic mass is 10.2. The number of ether oxygens (including phenoxy) is 2. The molecule has 27 heavy (non-hydrogen) atoms. The van der Waals surface area contributed by atoms with Gasteiger partial charge in [0.05, 0.1) is 25.5 Å². The number of anilines is 2. The van der Waals surface area contributed by atoms with E-state index in [2.05, 4.69) is 20.6 Å². The summed E-state index contributed by atoms with van der Waals surface area (Å²) in [5.74, 6) is 1.53. The molecule has 3 rings (SSSR count). The number of rotatable bonds is 7. The van der Waals surface area contributed by atoms with Crippen molar-refractivity contribution in [2.75, 3.05) is 24.9 Å². The monoisotopic (exact) mass is 364 g/mol. The average molecular weight is 364 g/mol. The molecule has 0 fully saturated rings. The van der Waals surface area contributed by atoms with Crippen molar-refractivity contribution in [3.05, 3.63) is 72.1 Å². The van der Waals surface area contributed by atoms with Gasteiger partial charge in [-0.05, 0) is 29.8 Å². The van der Waals surface area contributed by atoms with E-state index in [1.54, 1.807) is 26.4 Å². The van der Waals surface area contributed by atoms with Gasteiger partial charge in [0.15, 0.2) is 0 Å². The lowest BCUT2D eigenvalue weighted by molar-refractivity contribution is 0.102. The van der Waals surface area contributed by atoms with Crippen molar-refractivity contribution in [3.63, 3.8) is 0 Å². The Balaban J connectivity index is 1.59. The number of benzene rings is 2. The maximum Gasteiger partial charge on any atom is 0.258 e. The number of hydrogen-bond donors (Lipinski definition) is 2. The van der Waals surface area contributed by atoms with Crippen LogP contribution in [0.5, 0.6) is 11.5 Å². The molecule has 0 saturated heterocycles. The molecule has 0 aliphatic heterocycles. The SMILES string of the molecule is COc1ccc(CNc2ncc(C(=O)Nc3ccccc3OC)cn2)cc1. The van der Waals surface area contributed by atoms with Gasteiger partial charge in [-0.25, -0.2) is 9.97 Å². The van der Waals surface area contributed by atoms with E-state index < -0.39 is 0 Å². The first-order chi connectivity index (χ1) is 13.2. The third kappa shape index (κ3) is 4.72. The molecule has 1 heterocycles. The van der Waals surface area contributed by atoms with Gasteiger partial charge < -0.3 is 20.1 Å². The molecule has 0 aliphatic carbocycles. The van der Waals surface area contributed by atoms with Crippen LogP contribution in [-0.4, -0.2) is 30.1 Å². The van der Waals surface area contributed by atoms with E-state index in [-0.39, 0.29) is 5.91 Å². The fourth-order valence-electron chi connectivity index (χ4n) is 2.40. The first kappa shape index (κ1) is 18.2. The van der Waals surface area contributed by atoms with Crippen LogP contribution in [0.15, 0.2) is 60.9 Å². The Morgan fingerprint density at radius 2 is 1.67 bits per heavy atom. The minimum atomic E-state index is -0.304. The van der Waals surface area contributed by atoms with Crippen LogP contribution in [0, 0.1) is 0 Å². The van der Waals surface area contributed by atoms with Gasteiger partial charge in [0, 0.05) is 18.9 Å². The second kappa shape index (κ2) is 8.66. The summed E-state index contributed by atoms with van der Waals surface area (Å²) in [5, 5.41) is 5.91. The Morgan fingerprint density at radius 3 is 2.33 bits per heavy atom. The first-order valence-corrected chi connectivity index (χ1v) is 8.33. The second-order valence-electron chi connectivity index (χ2n) is 5.65. The quantitative estimate of drug-likeness (QED) is 0.669. The van der Waals surface area contributed by atoms with Crippen LogP contribution in [0.1, 0.15) is 15.9 Å². The lowest BCUT2D eigenvalue weighted by Gasteiger charge is -2.10. The fraction of sp³-hybridized carbons (Fsp3) is 0.150. The molecule has 1 aromatic heterocycles. The number of nitrogens with one attached hydrogen (secondary N) is 2. The van der Waals surface area contributed by atoms with Crippen molar-refractivity contribution in [2.24, 2.45) is 0 Å². The molecular weight excluding hydrogens is 344 g/mol. The van der Waals surface area contributed by atoms with Crippen LogP contribution >= 0.6 is 0 Å². The zero-order chi connectivity index (χ0) is 19.1. The molecule has 1 amide bonds. The lowest BCUT2D eigenvalue weighted by Crippen LogP contribution is -2.14. The number of methoxy groups -OCH3 is 2. The number of amides is 1. The van der Waals surface area contributed by atoms with Crippen LogP contribution in [0.2, 0.25) is 0 Å². The molecule has 0 bridgehead atoms. The van der Waals surface area contributed by atoms with E-state index in [1.165, 1.54) is 12.4 Å². The molecular formula is C20H20N4O3. The molecule has 3 aromatic rings. The van der Waals surface area contributed by atoms with Crippen molar-refractivity contribution < 1.29 is 14.3 Å². The predicted molar refractivity (Wildman–Crippen MR) is 103 cm³/mol. The number of para-hydroxylation sites is 2. The molecule has 0 radical (unpaired) electrons. The summed E-state index contributed by atoms with van der Waals surface area (Å²) in [7, 11) is 3.18. The summed E-state index contributed by atoms with van der Waals surface area (Å²) in [6.45, 7) is 0.566. The Morgan fingerprint density at radius 1 is 0.963 bits per heavy atom. The Labute approximate surface area is 157 Å². The highest BCUT2D eigenvalue weighted by Crippen LogP contribution is 2.23. The van der Waals surface area contributed by atoms with Crippen LogP contribution in [0.3, 0.4) is 0 Å². The van der Waals surface area contributed by atoms with Gasteiger partial charge >= 0.3 is 0 Å². The molecule has 0 saturated carbocycles. The Kier molecular flexibility index (Phi) is 5.84. The van der Waals surface area contributed by atoms with Crippen molar-refractivity contribution in [1.82, 2.24) is 9.97 Å². The summed E-state index contributed by atoms with van der Waals surface area (Å²) >= 11 is 0. The van der Waals surface area contributed by atoms with Crippen molar-refractivity contribution in [1.29, 1.82) is 0 Å². The zero-order valence-corrected chi connectivity index (χ0v) is 15.1. The van der Waals surface area contributed by atoms with E-state index in [0.717, 1.165) is 11.3 Å². The first-order valence-electron chi connectivity index (χ1n) is 8.33. The fourth-order valence-corrected chi connectivity index (χ4v) is 2.40. The topological polar surface area (TPSA) is 85.4 Å². The van der Waals surface area contributed by atoms with Crippen LogP contribution < -0.4 is 20.1 Å². The van der Waals surface area contributed by atoms with Gasteiger partial charge in [0.25, 0.3) is 5.91 Å². The van der Waals surface area contributed by atoms with Gasteiger partial charge in [-0.2, -0.15) is 0 Å². The van der Waals surface area contributed by atoms with Gasteiger partial charge in [-0.15, -0.1) is 0 Å². The van der Waals surface area contributed by atoms with E-state index in [4.69, 9.17) is 9.47 Å². The van der Waals surface area contributed by atoms with Gasteiger partial charge in [0.1, 0.15) is 11.5 Å². The van der Waals surface area contributed by atoms with Crippen LogP contribution in [-0.2, 0) is 6.54 Å². The molecule has 0 aliphatic rings. The number of nitrogens with zero attached hydrogens (tertiary/aromatic N) is 2. The highest BCUT2D eigenvalue weighted by Gasteiger charge is 2.10. The third-order valence-corrected chi connectivity index (χ3v) is 3.88.